The lowest BCUT2D eigenvalue weighted by atomic mass is 9.95. The molecule has 5 rings (SSSR count). The van der Waals surface area contributed by atoms with Crippen molar-refractivity contribution in [3.05, 3.63) is 100 Å². The van der Waals surface area contributed by atoms with Gasteiger partial charge in [0.2, 0.25) is 0 Å². The van der Waals surface area contributed by atoms with Crippen molar-refractivity contribution in [3.63, 3.8) is 0 Å². The number of pyridine rings is 1. The molecule has 5 heteroatoms. The highest BCUT2D eigenvalue weighted by Crippen LogP contribution is 2.35. The first kappa shape index (κ1) is 17.4. The Morgan fingerprint density at radius 3 is 2.69 bits per heavy atom. The number of rotatable bonds is 5. The SMILES string of the molecule is COc1cc2c(cc1OCc1ccccc1)=NC1=CC=NC(c3cccnc3)C=21. The van der Waals surface area contributed by atoms with Gasteiger partial charge in [-0.25, -0.2) is 4.99 Å². The number of nitrogens with zero attached hydrogens (tertiary/aromatic N) is 3. The molecule has 0 spiro atoms. The van der Waals surface area contributed by atoms with E-state index in [1.807, 2.05) is 73.1 Å². The van der Waals surface area contributed by atoms with Crippen LogP contribution in [-0.4, -0.2) is 18.3 Å². The number of ether oxygens (including phenoxy) is 2. The summed E-state index contributed by atoms with van der Waals surface area (Å²) in [7, 11) is 1.65. The zero-order chi connectivity index (χ0) is 19.6. The summed E-state index contributed by atoms with van der Waals surface area (Å²) < 4.78 is 11.7. The van der Waals surface area contributed by atoms with Crippen LogP contribution in [-0.2, 0) is 6.61 Å². The van der Waals surface area contributed by atoms with E-state index in [-0.39, 0.29) is 6.04 Å². The molecule has 0 saturated heterocycles. The van der Waals surface area contributed by atoms with E-state index < -0.39 is 0 Å². The van der Waals surface area contributed by atoms with Gasteiger partial charge in [-0.2, -0.15) is 0 Å². The van der Waals surface area contributed by atoms with E-state index in [1.54, 1.807) is 13.3 Å². The monoisotopic (exact) mass is 381 g/mol. The Kier molecular flexibility index (Phi) is 4.41. The number of allylic oxidation sites excluding steroid dienone is 1. The van der Waals surface area contributed by atoms with Gasteiger partial charge in [-0.15, -0.1) is 0 Å². The standard InChI is InChI=1S/C24H19N3O2/c1-28-21-12-18-20(13-22(21)29-15-16-6-3-2-4-7-16)27-19-9-11-26-24(23(18)19)17-8-5-10-25-14-17/h2-14,24H,15H2,1H3. The zero-order valence-electron chi connectivity index (χ0n) is 15.9. The predicted molar refractivity (Wildman–Crippen MR) is 112 cm³/mol. The Labute approximate surface area is 168 Å². The van der Waals surface area contributed by atoms with Crippen molar-refractivity contribution in [2.24, 2.45) is 9.98 Å². The summed E-state index contributed by atoms with van der Waals surface area (Å²) in [5, 5.41) is 1.89. The third-order valence-corrected chi connectivity index (χ3v) is 5.07. The first-order valence-electron chi connectivity index (χ1n) is 9.45. The molecule has 2 aromatic carbocycles. The Hall–Kier alpha value is -3.73. The molecule has 0 radical (unpaired) electrons. The highest BCUT2D eigenvalue weighted by atomic mass is 16.5. The van der Waals surface area contributed by atoms with E-state index in [1.165, 1.54) is 0 Å². The molecule has 0 saturated carbocycles. The van der Waals surface area contributed by atoms with Gasteiger partial charge in [-0.05, 0) is 29.3 Å². The van der Waals surface area contributed by atoms with Crippen LogP contribution < -0.4 is 20.0 Å². The smallest absolute Gasteiger partial charge is 0.163 e. The molecule has 1 unspecified atom stereocenters. The highest BCUT2D eigenvalue weighted by molar-refractivity contribution is 5.86. The average Bonchev–Trinajstić information content (AvgIpc) is 3.15. The van der Waals surface area contributed by atoms with Crippen molar-refractivity contribution >= 4 is 11.8 Å². The number of fused-ring (bicyclic) bond motifs is 2. The van der Waals surface area contributed by atoms with Gasteiger partial charge in [0.15, 0.2) is 11.5 Å². The molecular weight excluding hydrogens is 362 g/mol. The third-order valence-electron chi connectivity index (χ3n) is 5.07. The van der Waals surface area contributed by atoms with Crippen molar-refractivity contribution in [1.29, 1.82) is 0 Å². The number of hydrogen-bond donors (Lipinski definition) is 0. The molecular formula is C24H19N3O2. The van der Waals surface area contributed by atoms with Crippen molar-refractivity contribution in [2.75, 3.05) is 7.11 Å². The summed E-state index contributed by atoms with van der Waals surface area (Å²) in [4.78, 5) is 13.8. The van der Waals surface area contributed by atoms with E-state index in [0.29, 0.717) is 18.1 Å². The van der Waals surface area contributed by atoms with Crippen LogP contribution >= 0.6 is 0 Å². The minimum atomic E-state index is -0.130. The van der Waals surface area contributed by atoms with E-state index in [2.05, 4.69) is 9.98 Å². The zero-order valence-corrected chi connectivity index (χ0v) is 15.9. The van der Waals surface area contributed by atoms with Gasteiger partial charge >= 0.3 is 0 Å². The topological polar surface area (TPSA) is 56.1 Å². The highest BCUT2D eigenvalue weighted by Gasteiger charge is 2.26. The molecule has 142 valence electrons. The van der Waals surface area contributed by atoms with Gasteiger partial charge < -0.3 is 9.47 Å². The molecule has 0 N–H and O–H groups in total. The first-order valence-corrected chi connectivity index (χ1v) is 9.45. The summed E-state index contributed by atoms with van der Waals surface area (Å²) in [5.41, 5.74) is 4.13. The third kappa shape index (κ3) is 3.21. The number of dihydropyridines is 1. The molecule has 2 aliphatic rings. The Balaban J connectivity index is 1.58. The van der Waals surface area contributed by atoms with Crippen LogP contribution in [0.1, 0.15) is 17.2 Å². The van der Waals surface area contributed by atoms with E-state index in [9.17, 15) is 0 Å². The van der Waals surface area contributed by atoms with Crippen LogP contribution in [0.4, 0.5) is 0 Å². The fourth-order valence-corrected chi connectivity index (χ4v) is 3.67. The van der Waals surface area contributed by atoms with Gasteiger partial charge in [0, 0.05) is 35.5 Å². The molecule has 3 heterocycles. The lowest BCUT2D eigenvalue weighted by Gasteiger charge is -2.18. The van der Waals surface area contributed by atoms with Crippen LogP contribution in [0, 0.1) is 0 Å². The fraction of sp³-hybridized carbons (Fsp3) is 0.125. The number of methoxy groups -OCH3 is 1. The maximum absolute atomic E-state index is 6.05. The molecule has 1 aromatic heterocycles. The van der Waals surface area contributed by atoms with Crippen molar-refractivity contribution in [1.82, 2.24) is 4.98 Å². The number of benzene rings is 2. The lowest BCUT2D eigenvalue weighted by molar-refractivity contribution is 0.284. The summed E-state index contributed by atoms with van der Waals surface area (Å²) in [6.07, 6.45) is 7.38. The van der Waals surface area contributed by atoms with Crippen LogP contribution in [0.15, 0.2) is 88.7 Å². The summed E-state index contributed by atoms with van der Waals surface area (Å²) in [6, 6.07) is 17.9. The molecule has 0 bridgehead atoms. The second kappa shape index (κ2) is 7.36. The van der Waals surface area contributed by atoms with Crippen molar-refractivity contribution in [3.8, 4) is 11.5 Å². The molecule has 0 aliphatic carbocycles. The number of hydrogen-bond acceptors (Lipinski definition) is 5. The Morgan fingerprint density at radius 1 is 1.00 bits per heavy atom. The Bertz CT molecular complexity index is 1230. The minimum Gasteiger partial charge on any atom is -0.493 e. The van der Waals surface area contributed by atoms with E-state index in [0.717, 1.165) is 33.0 Å². The molecule has 3 aromatic rings. The number of aliphatic imine (C=N–C) groups is 1. The normalized spacial score (nSPS) is 16.5. The summed E-state index contributed by atoms with van der Waals surface area (Å²) in [6.45, 7) is 0.469. The van der Waals surface area contributed by atoms with Gasteiger partial charge in [0.05, 0.1) is 18.2 Å². The average molecular weight is 381 g/mol. The fourth-order valence-electron chi connectivity index (χ4n) is 3.67. The van der Waals surface area contributed by atoms with Crippen molar-refractivity contribution in [2.45, 2.75) is 12.6 Å². The molecule has 1 atom stereocenters. The second-order valence-corrected chi connectivity index (χ2v) is 6.86. The Morgan fingerprint density at radius 2 is 1.90 bits per heavy atom. The van der Waals surface area contributed by atoms with Crippen LogP contribution in [0.5, 0.6) is 11.5 Å². The largest absolute Gasteiger partial charge is 0.493 e. The van der Waals surface area contributed by atoms with Crippen molar-refractivity contribution < 1.29 is 9.47 Å². The van der Waals surface area contributed by atoms with Gasteiger partial charge in [0.25, 0.3) is 0 Å². The number of aromatic nitrogens is 1. The van der Waals surface area contributed by atoms with Crippen LogP contribution in [0.3, 0.4) is 0 Å². The summed E-state index contributed by atoms with van der Waals surface area (Å²) in [5.74, 6) is 1.36. The quantitative estimate of drug-likeness (QED) is 0.682. The molecule has 0 fully saturated rings. The van der Waals surface area contributed by atoms with Crippen LogP contribution in [0.2, 0.25) is 0 Å². The molecule has 0 amide bonds. The minimum absolute atomic E-state index is 0.130. The van der Waals surface area contributed by atoms with Crippen LogP contribution in [0.25, 0.3) is 5.57 Å². The van der Waals surface area contributed by atoms with Gasteiger partial charge in [-0.3, -0.25) is 9.98 Å². The maximum Gasteiger partial charge on any atom is 0.163 e. The summed E-state index contributed by atoms with van der Waals surface area (Å²) >= 11 is 0. The molecule has 5 nitrogen and oxygen atoms in total. The maximum atomic E-state index is 6.05. The second-order valence-electron chi connectivity index (χ2n) is 6.86. The van der Waals surface area contributed by atoms with Gasteiger partial charge in [-0.1, -0.05) is 36.4 Å². The first-order chi connectivity index (χ1) is 14.3. The lowest BCUT2D eigenvalue weighted by Crippen LogP contribution is -2.25. The predicted octanol–water partition coefficient (Wildman–Crippen LogP) is 3.16. The molecule has 2 aliphatic heterocycles. The molecule has 29 heavy (non-hydrogen) atoms. The van der Waals surface area contributed by atoms with E-state index >= 15 is 0 Å². The van der Waals surface area contributed by atoms with Gasteiger partial charge in [0.1, 0.15) is 12.6 Å². The van der Waals surface area contributed by atoms with E-state index in [4.69, 9.17) is 14.5 Å².